The summed E-state index contributed by atoms with van der Waals surface area (Å²) in [6, 6.07) is 2.62. The molecule has 0 amide bonds. The fourth-order valence-electron chi connectivity index (χ4n) is 5.61. The summed E-state index contributed by atoms with van der Waals surface area (Å²) in [6.45, 7) is 11.2. The largest absolute Gasteiger partial charge is 0.504 e. The Balaban J connectivity index is 2.04. The third kappa shape index (κ3) is 2.80. The molecule has 3 rings (SSSR count). The lowest BCUT2D eigenvalue weighted by Crippen LogP contribution is -2.51. The molecular weight excluding hydrogens is 328 g/mol. The summed E-state index contributed by atoms with van der Waals surface area (Å²) in [5, 5.41) is 29.7. The summed E-state index contributed by atoms with van der Waals surface area (Å²) in [5.74, 6) is -0.760. The number of allylic oxidation sites excluding steroid dienone is 1. The summed E-state index contributed by atoms with van der Waals surface area (Å²) in [4.78, 5) is 11.4. The van der Waals surface area contributed by atoms with Crippen molar-refractivity contribution in [3.63, 3.8) is 0 Å². The molecule has 1 aromatic rings. The molecule has 0 saturated heterocycles. The molecule has 0 aliphatic heterocycles. The number of carbonyl (C=O) groups is 1. The second kappa shape index (κ2) is 6.33. The lowest BCUT2D eigenvalue weighted by Gasteiger charge is -2.59. The van der Waals surface area contributed by atoms with Gasteiger partial charge in [0, 0.05) is 0 Å². The lowest BCUT2D eigenvalue weighted by molar-refractivity contribution is -0.0491. The van der Waals surface area contributed by atoms with Gasteiger partial charge in [-0.3, -0.25) is 0 Å². The van der Waals surface area contributed by atoms with Gasteiger partial charge < -0.3 is 15.3 Å². The van der Waals surface area contributed by atoms with Gasteiger partial charge in [0.05, 0.1) is 5.56 Å². The molecular formula is C22H30O4. The van der Waals surface area contributed by atoms with Crippen molar-refractivity contribution in [3.8, 4) is 11.5 Å². The molecule has 4 atom stereocenters. The number of aromatic hydroxyl groups is 2. The molecule has 0 bridgehead atoms. The first-order valence-corrected chi connectivity index (χ1v) is 9.56. The van der Waals surface area contributed by atoms with Crippen LogP contribution in [0.15, 0.2) is 24.3 Å². The van der Waals surface area contributed by atoms with Crippen LogP contribution < -0.4 is 0 Å². The van der Waals surface area contributed by atoms with Gasteiger partial charge in [0.2, 0.25) is 0 Å². The zero-order valence-electron chi connectivity index (χ0n) is 16.0. The Morgan fingerprint density at radius 2 is 1.96 bits per heavy atom. The average Bonchev–Trinajstić information content (AvgIpc) is 2.57. The van der Waals surface area contributed by atoms with Gasteiger partial charge in [0.1, 0.15) is 0 Å². The summed E-state index contributed by atoms with van der Waals surface area (Å²) in [7, 11) is 0. The molecule has 0 heterocycles. The number of benzene rings is 1. The van der Waals surface area contributed by atoms with E-state index in [4.69, 9.17) is 0 Å². The highest BCUT2D eigenvalue weighted by atomic mass is 16.4. The number of aromatic carboxylic acids is 1. The van der Waals surface area contributed by atoms with E-state index in [2.05, 4.69) is 27.4 Å². The molecule has 0 radical (unpaired) electrons. The second-order valence-corrected chi connectivity index (χ2v) is 8.90. The van der Waals surface area contributed by atoms with Crippen LogP contribution in [-0.2, 0) is 6.42 Å². The molecule has 4 nitrogen and oxygen atoms in total. The van der Waals surface area contributed by atoms with Crippen LogP contribution in [0.2, 0.25) is 0 Å². The van der Waals surface area contributed by atoms with Crippen LogP contribution in [0.1, 0.15) is 68.8 Å². The Hall–Kier alpha value is -1.97. The number of carboxylic acids is 1. The molecule has 0 unspecified atom stereocenters. The lowest BCUT2D eigenvalue weighted by atomic mass is 9.46. The molecule has 1 aromatic carbocycles. The van der Waals surface area contributed by atoms with Crippen LogP contribution in [0.4, 0.5) is 0 Å². The average molecular weight is 358 g/mol. The molecule has 2 fully saturated rings. The van der Waals surface area contributed by atoms with Gasteiger partial charge in [-0.1, -0.05) is 32.9 Å². The molecule has 142 valence electrons. The van der Waals surface area contributed by atoms with E-state index in [1.165, 1.54) is 11.6 Å². The molecule has 2 aliphatic rings. The quantitative estimate of drug-likeness (QED) is 0.516. The summed E-state index contributed by atoms with van der Waals surface area (Å²) >= 11 is 0. The van der Waals surface area contributed by atoms with E-state index in [1.807, 2.05) is 0 Å². The van der Waals surface area contributed by atoms with Crippen molar-refractivity contribution >= 4 is 5.97 Å². The Morgan fingerprint density at radius 1 is 1.27 bits per heavy atom. The van der Waals surface area contributed by atoms with Crippen molar-refractivity contribution in [3.05, 3.63) is 35.4 Å². The fourth-order valence-corrected chi connectivity index (χ4v) is 5.61. The van der Waals surface area contributed by atoms with Crippen LogP contribution in [0.3, 0.4) is 0 Å². The molecule has 3 N–H and O–H groups in total. The minimum absolute atomic E-state index is 0.0122. The zero-order chi connectivity index (χ0) is 19.3. The number of hydrogen-bond acceptors (Lipinski definition) is 3. The fraction of sp³-hybridized carbons (Fsp3) is 0.591. The van der Waals surface area contributed by atoms with Crippen molar-refractivity contribution in [1.82, 2.24) is 0 Å². The van der Waals surface area contributed by atoms with E-state index >= 15 is 0 Å². The van der Waals surface area contributed by atoms with Crippen LogP contribution in [0.25, 0.3) is 0 Å². The van der Waals surface area contributed by atoms with Gasteiger partial charge in [0.15, 0.2) is 11.5 Å². The normalized spacial score (nSPS) is 34.3. The second-order valence-electron chi connectivity index (χ2n) is 8.90. The number of hydrogen-bond donors (Lipinski definition) is 3. The smallest absolute Gasteiger partial charge is 0.335 e. The Kier molecular flexibility index (Phi) is 4.58. The number of fused-ring (bicyclic) bond motifs is 1. The topological polar surface area (TPSA) is 77.8 Å². The Morgan fingerprint density at radius 3 is 2.62 bits per heavy atom. The molecule has 2 aliphatic carbocycles. The van der Waals surface area contributed by atoms with E-state index in [0.717, 1.165) is 38.2 Å². The van der Waals surface area contributed by atoms with E-state index in [0.29, 0.717) is 23.8 Å². The van der Waals surface area contributed by atoms with Crippen LogP contribution >= 0.6 is 0 Å². The highest BCUT2D eigenvalue weighted by Crippen LogP contribution is 2.62. The first-order chi connectivity index (χ1) is 12.1. The maximum Gasteiger partial charge on any atom is 0.335 e. The third-order valence-electron chi connectivity index (χ3n) is 7.55. The zero-order valence-corrected chi connectivity index (χ0v) is 16.0. The van der Waals surface area contributed by atoms with Crippen LogP contribution in [0.5, 0.6) is 11.5 Å². The highest BCUT2D eigenvalue weighted by molar-refractivity contribution is 5.89. The van der Waals surface area contributed by atoms with Gasteiger partial charge in [-0.05, 0) is 78.9 Å². The molecule has 2 saturated carbocycles. The van der Waals surface area contributed by atoms with Crippen LogP contribution in [-0.4, -0.2) is 21.3 Å². The maximum absolute atomic E-state index is 11.4. The predicted molar refractivity (Wildman–Crippen MR) is 102 cm³/mol. The van der Waals surface area contributed by atoms with E-state index in [9.17, 15) is 20.1 Å². The minimum atomic E-state index is -1.10. The minimum Gasteiger partial charge on any atom is -0.504 e. The van der Waals surface area contributed by atoms with E-state index in [1.54, 1.807) is 0 Å². The molecule has 0 spiro atoms. The first-order valence-electron chi connectivity index (χ1n) is 9.56. The summed E-state index contributed by atoms with van der Waals surface area (Å²) in [5.41, 5.74) is 1.88. The van der Waals surface area contributed by atoms with E-state index < -0.39 is 5.97 Å². The Bertz CT molecular complexity index is 753. The van der Waals surface area contributed by atoms with Gasteiger partial charge in [0.25, 0.3) is 0 Å². The van der Waals surface area contributed by atoms with Gasteiger partial charge in [-0.25, -0.2) is 4.79 Å². The van der Waals surface area contributed by atoms with Gasteiger partial charge in [-0.2, -0.15) is 0 Å². The van der Waals surface area contributed by atoms with Gasteiger partial charge in [-0.15, -0.1) is 0 Å². The first kappa shape index (κ1) is 18.8. The van der Waals surface area contributed by atoms with Gasteiger partial charge >= 0.3 is 5.97 Å². The third-order valence-corrected chi connectivity index (χ3v) is 7.55. The van der Waals surface area contributed by atoms with Crippen molar-refractivity contribution in [2.75, 3.05) is 0 Å². The summed E-state index contributed by atoms with van der Waals surface area (Å²) in [6.07, 6.45) is 6.13. The highest BCUT2D eigenvalue weighted by Gasteiger charge is 2.54. The number of carboxylic acid groups (broad SMARTS) is 1. The van der Waals surface area contributed by atoms with Crippen molar-refractivity contribution in [1.29, 1.82) is 0 Å². The molecule has 0 aromatic heterocycles. The van der Waals surface area contributed by atoms with Crippen molar-refractivity contribution < 1.29 is 20.1 Å². The molecule has 4 heteroatoms. The molecule has 26 heavy (non-hydrogen) atoms. The summed E-state index contributed by atoms with van der Waals surface area (Å²) < 4.78 is 0. The number of phenols is 2. The van der Waals surface area contributed by atoms with Crippen molar-refractivity contribution in [2.45, 2.75) is 59.3 Å². The predicted octanol–water partition coefficient (Wildman–Crippen LogP) is 5.14. The SMILES string of the molecule is C=C1CCC[C@H]2[C@](C)(Cc3cc(C(=O)O)cc(O)c3O)[C@@H](C)CC[C@]12C. The van der Waals surface area contributed by atoms with Crippen molar-refractivity contribution in [2.24, 2.45) is 22.7 Å². The maximum atomic E-state index is 11.4. The standard InChI is InChI=1S/C22H30O4/c1-13-6-5-7-18-21(13,3)9-8-14(2)22(18,4)12-16-10-15(20(25)26)11-17(23)19(16)24/h10-11,14,18,23-24H,1,5-9,12H2,2-4H3,(H,25,26)/t14-,18+,21+,22+/m0/s1. The van der Waals surface area contributed by atoms with E-state index in [-0.39, 0.29) is 27.9 Å². The Labute approximate surface area is 155 Å². The monoisotopic (exact) mass is 358 g/mol. The number of phenolic OH excluding ortho intramolecular Hbond substituents is 2. The van der Waals surface area contributed by atoms with Crippen LogP contribution in [0, 0.1) is 22.7 Å². The number of rotatable bonds is 3.